The number of rotatable bonds is 5. The number of hydrogen-bond acceptors (Lipinski definition) is 3. The summed E-state index contributed by atoms with van der Waals surface area (Å²) < 4.78 is 5.44. The highest BCUT2D eigenvalue weighted by Gasteiger charge is 2.14. The van der Waals surface area contributed by atoms with Crippen LogP contribution in [0.25, 0.3) is 0 Å². The zero-order chi connectivity index (χ0) is 15.8. The van der Waals surface area contributed by atoms with E-state index < -0.39 is 5.91 Å². The number of nitrogens with two attached hydrogens (primary N) is 1. The Kier molecular flexibility index (Phi) is 6.25. The second kappa shape index (κ2) is 8.41. The third kappa shape index (κ3) is 5.39. The number of ether oxygens (including phenoxy) is 1. The van der Waals surface area contributed by atoms with Crippen LogP contribution in [0, 0.1) is 0 Å². The summed E-state index contributed by atoms with van der Waals surface area (Å²) in [5.74, 6) is -0.0176. The van der Waals surface area contributed by atoms with E-state index in [9.17, 15) is 9.59 Å². The van der Waals surface area contributed by atoms with Gasteiger partial charge >= 0.3 is 0 Å². The third-order valence-corrected chi connectivity index (χ3v) is 3.98. The van der Waals surface area contributed by atoms with Gasteiger partial charge in [-0.25, -0.2) is 0 Å². The van der Waals surface area contributed by atoms with Crippen LogP contribution in [0.2, 0.25) is 0 Å². The van der Waals surface area contributed by atoms with Crippen LogP contribution in [0.4, 0.5) is 0 Å². The Hall–Kier alpha value is -2.04. The molecule has 1 aromatic rings. The lowest BCUT2D eigenvalue weighted by Gasteiger charge is -2.21. The highest BCUT2D eigenvalue weighted by atomic mass is 16.5. The molecule has 0 saturated heterocycles. The summed E-state index contributed by atoms with van der Waals surface area (Å²) >= 11 is 0. The lowest BCUT2D eigenvalue weighted by atomic mass is 9.97. The molecule has 0 radical (unpaired) electrons. The van der Waals surface area contributed by atoms with Crippen LogP contribution in [-0.2, 0) is 4.79 Å². The summed E-state index contributed by atoms with van der Waals surface area (Å²) in [7, 11) is 0. The van der Waals surface area contributed by atoms with Crippen molar-refractivity contribution in [3.05, 3.63) is 29.8 Å². The summed E-state index contributed by atoms with van der Waals surface area (Å²) in [6.07, 6.45) is 8.30. The molecule has 5 nitrogen and oxygen atoms in total. The number of benzene rings is 1. The highest BCUT2D eigenvalue weighted by molar-refractivity contribution is 5.92. The van der Waals surface area contributed by atoms with Crippen LogP contribution in [0.1, 0.15) is 55.3 Å². The van der Waals surface area contributed by atoms with Gasteiger partial charge in [0, 0.05) is 11.6 Å². The predicted molar refractivity (Wildman–Crippen MR) is 84.7 cm³/mol. The quantitative estimate of drug-likeness (QED) is 0.876. The smallest absolute Gasteiger partial charge is 0.258 e. The Labute approximate surface area is 131 Å². The van der Waals surface area contributed by atoms with E-state index in [1.807, 2.05) is 0 Å². The second-order valence-corrected chi connectivity index (χ2v) is 5.79. The van der Waals surface area contributed by atoms with E-state index in [2.05, 4.69) is 5.32 Å². The molecule has 0 heterocycles. The number of hydrogen-bond donors (Lipinski definition) is 2. The molecule has 22 heavy (non-hydrogen) atoms. The Bertz CT molecular complexity index is 491. The SMILES string of the molecule is NC(=O)c1ccc(OCC(=O)NC2CCCCCCC2)cc1. The lowest BCUT2D eigenvalue weighted by Crippen LogP contribution is -2.38. The molecule has 1 aromatic carbocycles. The van der Waals surface area contributed by atoms with E-state index in [0.29, 0.717) is 11.3 Å². The van der Waals surface area contributed by atoms with Crippen LogP contribution in [0.15, 0.2) is 24.3 Å². The molecule has 3 N–H and O–H groups in total. The molecule has 0 unspecified atom stereocenters. The molecule has 2 rings (SSSR count). The number of carbonyl (C=O) groups is 2. The molecule has 1 fully saturated rings. The number of nitrogens with one attached hydrogen (secondary N) is 1. The number of primary amides is 1. The Morgan fingerprint density at radius 3 is 2.23 bits per heavy atom. The van der Waals surface area contributed by atoms with Gasteiger partial charge in [0.2, 0.25) is 5.91 Å². The van der Waals surface area contributed by atoms with Gasteiger partial charge in [0.1, 0.15) is 5.75 Å². The third-order valence-electron chi connectivity index (χ3n) is 3.98. The summed E-state index contributed by atoms with van der Waals surface area (Å²) in [5.41, 5.74) is 5.59. The van der Waals surface area contributed by atoms with Crippen molar-refractivity contribution in [3.63, 3.8) is 0 Å². The molecular formula is C17H24N2O3. The summed E-state index contributed by atoms with van der Waals surface area (Å²) in [6.45, 7) is -0.00752. The van der Waals surface area contributed by atoms with E-state index >= 15 is 0 Å². The van der Waals surface area contributed by atoms with Crippen LogP contribution in [0.5, 0.6) is 5.75 Å². The summed E-state index contributed by atoms with van der Waals surface area (Å²) in [6, 6.07) is 6.73. The van der Waals surface area contributed by atoms with Gasteiger partial charge in [0.05, 0.1) is 0 Å². The Balaban J connectivity index is 1.75. The minimum atomic E-state index is -0.478. The number of carbonyl (C=O) groups excluding carboxylic acids is 2. The standard InChI is InChI=1S/C17H24N2O3/c18-17(21)13-8-10-15(11-9-13)22-12-16(20)19-14-6-4-2-1-3-5-7-14/h8-11,14H,1-7,12H2,(H2,18,21)(H,19,20). The van der Waals surface area contributed by atoms with Gasteiger partial charge in [0.25, 0.3) is 5.91 Å². The van der Waals surface area contributed by atoms with E-state index in [1.165, 1.54) is 32.1 Å². The molecule has 1 aliphatic rings. The van der Waals surface area contributed by atoms with Crippen molar-refractivity contribution in [2.75, 3.05) is 6.61 Å². The molecule has 0 aromatic heterocycles. The van der Waals surface area contributed by atoms with Crippen molar-refractivity contribution < 1.29 is 14.3 Å². The van der Waals surface area contributed by atoms with Gasteiger partial charge in [-0.1, -0.05) is 32.1 Å². The molecule has 0 spiro atoms. The van der Waals surface area contributed by atoms with Crippen LogP contribution < -0.4 is 15.8 Å². The fraction of sp³-hybridized carbons (Fsp3) is 0.529. The first-order valence-electron chi connectivity index (χ1n) is 7.97. The summed E-state index contributed by atoms with van der Waals surface area (Å²) in [4.78, 5) is 22.9. The van der Waals surface area contributed by atoms with Gasteiger partial charge in [-0.05, 0) is 37.1 Å². The van der Waals surface area contributed by atoms with Crippen molar-refractivity contribution in [1.29, 1.82) is 0 Å². The van der Waals surface area contributed by atoms with Crippen LogP contribution >= 0.6 is 0 Å². The molecule has 1 saturated carbocycles. The van der Waals surface area contributed by atoms with Gasteiger partial charge in [-0.15, -0.1) is 0 Å². The van der Waals surface area contributed by atoms with Gasteiger partial charge in [-0.3, -0.25) is 9.59 Å². The van der Waals surface area contributed by atoms with Crippen LogP contribution in [-0.4, -0.2) is 24.5 Å². The van der Waals surface area contributed by atoms with Crippen LogP contribution in [0.3, 0.4) is 0 Å². The van der Waals surface area contributed by atoms with Crippen molar-refractivity contribution in [2.45, 2.75) is 51.0 Å². The van der Waals surface area contributed by atoms with Crippen molar-refractivity contribution in [2.24, 2.45) is 5.73 Å². The zero-order valence-corrected chi connectivity index (χ0v) is 12.8. The van der Waals surface area contributed by atoms with E-state index in [4.69, 9.17) is 10.5 Å². The molecule has 2 amide bonds. The minimum absolute atomic E-state index is 0.00752. The van der Waals surface area contributed by atoms with E-state index in [1.54, 1.807) is 24.3 Å². The van der Waals surface area contributed by atoms with Gasteiger partial charge < -0.3 is 15.8 Å². The first-order valence-corrected chi connectivity index (χ1v) is 7.97. The maximum absolute atomic E-state index is 11.9. The molecule has 0 aliphatic heterocycles. The van der Waals surface area contributed by atoms with Gasteiger partial charge in [0.15, 0.2) is 6.61 Å². The fourth-order valence-electron chi connectivity index (χ4n) is 2.73. The molecular weight excluding hydrogens is 280 g/mol. The van der Waals surface area contributed by atoms with E-state index in [-0.39, 0.29) is 18.6 Å². The summed E-state index contributed by atoms with van der Waals surface area (Å²) in [5, 5.41) is 3.05. The van der Waals surface area contributed by atoms with Gasteiger partial charge in [-0.2, -0.15) is 0 Å². The zero-order valence-electron chi connectivity index (χ0n) is 12.8. The average Bonchev–Trinajstić information content (AvgIpc) is 2.48. The van der Waals surface area contributed by atoms with Crippen molar-refractivity contribution in [3.8, 4) is 5.75 Å². The minimum Gasteiger partial charge on any atom is -0.484 e. The molecule has 0 bridgehead atoms. The normalized spacial score (nSPS) is 16.4. The largest absolute Gasteiger partial charge is 0.484 e. The van der Waals surface area contributed by atoms with Crippen molar-refractivity contribution >= 4 is 11.8 Å². The maximum atomic E-state index is 11.9. The van der Waals surface area contributed by atoms with E-state index in [0.717, 1.165) is 12.8 Å². The monoisotopic (exact) mass is 304 g/mol. The molecule has 5 heteroatoms. The highest BCUT2D eigenvalue weighted by Crippen LogP contribution is 2.17. The van der Waals surface area contributed by atoms with Crippen molar-refractivity contribution in [1.82, 2.24) is 5.32 Å². The Morgan fingerprint density at radius 2 is 1.64 bits per heavy atom. The predicted octanol–water partition coefficient (Wildman–Crippen LogP) is 2.39. The lowest BCUT2D eigenvalue weighted by molar-refractivity contribution is -0.123. The maximum Gasteiger partial charge on any atom is 0.258 e. The first-order chi connectivity index (χ1) is 10.6. The number of amides is 2. The molecule has 0 atom stereocenters. The Morgan fingerprint density at radius 1 is 1.05 bits per heavy atom. The topological polar surface area (TPSA) is 81.4 Å². The first kappa shape index (κ1) is 16.3. The fourth-order valence-corrected chi connectivity index (χ4v) is 2.73. The second-order valence-electron chi connectivity index (χ2n) is 5.79. The average molecular weight is 304 g/mol. The molecule has 120 valence electrons. The molecule has 1 aliphatic carbocycles.